The van der Waals surface area contributed by atoms with Gasteiger partial charge in [0, 0.05) is 22.5 Å². The Balaban J connectivity index is 0.000000847. The van der Waals surface area contributed by atoms with Gasteiger partial charge < -0.3 is 9.71 Å². The Kier molecular flexibility index (Phi) is 6.35. The fourth-order valence-corrected chi connectivity index (χ4v) is 3.33. The molecule has 1 fully saturated rings. The zero-order valence-electron chi connectivity index (χ0n) is 12.6. The molecule has 0 radical (unpaired) electrons. The van der Waals surface area contributed by atoms with Crippen LogP contribution in [0.3, 0.4) is 0 Å². The van der Waals surface area contributed by atoms with Crippen molar-refractivity contribution in [1.29, 1.82) is 5.26 Å². The number of nitriles is 1. The molecule has 0 amide bonds. The number of aromatic amines is 1. The second kappa shape index (κ2) is 8.50. The standard InChI is InChI=1S/C16H17N3S.CH3F/c17-10-12-5-7-14(8-6-12)19-20-15-9-16(18-11-15)13-3-1-2-4-13;1-2/h5-9,11,13,18-19H,1-4H2;1H3. The van der Waals surface area contributed by atoms with Gasteiger partial charge in [0.1, 0.15) is 0 Å². The molecule has 3 nitrogen and oxygen atoms in total. The van der Waals surface area contributed by atoms with E-state index in [0.717, 1.165) is 11.6 Å². The molecule has 2 N–H and O–H groups in total. The van der Waals surface area contributed by atoms with Crippen molar-refractivity contribution in [1.82, 2.24) is 4.98 Å². The molecule has 22 heavy (non-hydrogen) atoms. The minimum absolute atomic E-state index is 0.500. The Hall–Kier alpha value is -1.93. The number of benzene rings is 1. The summed E-state index contributed by atoms with van der Waals surface area (Å²) in [6.45, 7) is 0. The number of hydrogen-bond acceptors (Lipinski definition) is 3. The predicted molar refractivity (Wildman–Crippen MR) is 89.7 cm³/mol. The lowest BCUT2D eigenvalue weighted by molar-refractivity contribution is 0.636. The predicted octanol–water partition coefficient (Wildman–Crippen LogP) is 5.25. The fraction of sp³-hybridized carbons (Fsp3) is 0.353. The minimum Gasteiger partial charge on any atom is -0.364 e. The van der Waals surface area contributed by atoms with Crippen molar-refractivity contribution in [3.05, 3.63) is 47.8 Å². The molecule has 116 valence electrons. The first kappa shape index (κ1) is 16.4. The van der Waals surface area contributed by atoms with E-state index >= 15 is 0 Å². The van der Waals surface area contributed by atoms with Crippen molar-refractivity contribution < 1.29 is 4.39 Å². The van der Waals surface area contributed by atoms with Gasteiger partial charge in [0.05, 0.1) is 18.8 Å². The second-order valence-corrected chi connectivity index (χ2v) is 6.05. The molecule has 2 aromatic rings. The lowest BCUT2D eigenvalue weighted by Gasteiger charge is -2.05. The third kappa shape index (κ3) is 4.28. The van der Waals surface area contributed by atoms with E-state index in [1.54, 1.807) is 11.9 Å². The highest BCUT2D eigenvalue weighted by molar-refractivity contribution is 8.00. The van der Waals surface area contributed by atoms with Crippen LogP contribution in [0.25, 0.3) is 0 Å². The van der Waals surface area contributed by atoms with E-state index in [2.05, 4.69) is 28.0 Å². The molecule has 1 aromatic carbocycles. The largest absolute Gasteiger partial charge is 0.364 e. The number of halogens is 1. The number of alkyl halides is 1. The topological polar surface area (TPSA) is 51.6 Å². The Morgan fingerprint density at radius 1 is 1.23 bits per heavy atom. The van der Waals surface area contributed by atoms with Crippen LogP contribution in [-0.4, -0.2) is 12.2 Å². The van der Waals surface area contributed by atoms with Gasteiger partial charge in [0.25, 0.3) is 0 Å². The maximum Gasteiger partial charge on any atom is 0.0991 e. The van der Waals surface area contributed by atoms with Gasteiger partial charge >= 0.3 is 0 Å². The molecule has 1 saturated carbocycles. The van der Waals surface area contributed by atoms with Gasteiger partial charge in [-0.3, -0.25) is 4.39 Å². The highest BCUT2D eigenvalue weighted by Crippen LogP contribution is 2.35. The summed E-state index contributed by atoms with van der Waals surface area (Å²) in [6.07, 6.45) is 7.40. The second-order valence-electron chi connectivity index (χ2n) is 5.17. The van der Waals surface area contributed by atoms with Crippen LogP contribution >= 0.6 is 11.9 Å². The first-order valence-corrected chi connectivity index (χ1v) is 8.16. The summed E-state index contributed by atoms with van der Waals surface area (Å²) in [7, 11) is 0.500. The molecule has 1 aliphatic rings. The van der Waals surface area contributed by atoms with Crippen LogP contribution in [0.5, 0.6) is 0 Å². The molecule has 3 rings (SSSR count). The lowest BCUT2D eigenvalue weighted by Crippen LogP contribution is -1.90. The normalized spacial score (nSPS) is 14.0. The number of nitrogens with zero attached hydrogens (tertiary/aromatic N) is 1. The highest BCUT2D eigenvalue weighted by atomic mass is 32.2. The molecule has 1 aliphatic carbocycles. The maximum atomic E-state index is 9.50. The summed E-state index contributed by atoms with van der Waals surface area (Å²) in [5.74, 6) is 0.722. The Bertz CT molecular complexity index is 610. The average Bonchev–Trinajstić information content (AvgIpc) is 3.26. The molecule has 0 saturated heterocycles. The molecule has 0 atom stereocenters. The molecular weight excluding hydrogens is 297 g/mol. The number of anilines is 1. The maximum absolute atomic E-state index is 9.50. The smallest absolute Gasteiger partial charge is 0.0991 e. The van der Waals surface area contributed by atoms with E-state index < -0.39 is 0 Å². The Labute approximate surface area is 135 Å². The van der Waals surface area contributed by atoms with Crippen molar-refractivity contribution >= 4 is 17.6 Å². The number of nitrogens with one attached hydrogen (secondary N) is 2. The zero-order chi connectivity index (χ0) is 15.8. The van der Waals surface area contributed by atoms with Gasteiger partial charge in [-0.1, -0.05) is 12.8 Å². The molecule has 0 bridgehead atoms. The summed E-state index contributed by atoms with van der Waals surface area (Å²) in [5.41, 5.74) is 3.06. The van der Waals surface area contributed by atoms with Gasteiger partial charge in [-0.05, 0) is 61.0 Å². The van der Waals surface area contributed by atoms with Crippen molar-refractivity contribution in [2.75, 3.05) is 11.9 Å². The van der Waals surface area contributed by atoms with Crippen molar-refractivity contribution in [2.24, 2.45) is 0 Å². The van der Waals surface area contributed by atoms with Crippen molar-refractivity contribution in [3.8, 4) is 6.07 Å². The van der Waals surface area contributed by atoms with Gasteiger partial charge in [0.15, 0.2) is 0 Å². The molecule has 0 unspecified atom stereocenters. The van der Waals surface area contributed by atoms with E-state index in [9.17, 15) is 4.39 Å². The fourth-order valence-electron chi connectivity index (χ4n) is 2.65. The van der Waals surface area contributed by atoms with Gasteiger partial charge in [-0.25, -0.2) is 0 Å². The van der Waals surface area contributed by atoms with E-state index in [-0.39, 0.29) is 0 Å². The quantitative estimate of drug-likeness (QED) is 0.757. The molecule has 0 aliphatic heterocycles. The van der Waals surface area contributed by atoms with E-state index in [1.165, 1.54) is 36.3 Å². The van der Waals surface area contributed by atoms with Crippen molar-refractivity contribution in [2.45, 2.75) is 36.5 Å². The summed E-state index contributed by atoms with van der Waals surface area (Å²) >= 11 is 1.60. The van der Waals surface area contributed by atoms with Crippen molar-refractivity contribution in [3.63, 3.8) is 0 Å². The number of aromatic nitrogens is 1. The first-order chi connectivity index (χ1) is 10.8. The molecule has 5 heteroatoms. The molecular formula is C17H20FN3S. The minimum atomic E-state index is 0.500. The Morgan fingerprint density at radius 3 is 2.55 bits per heavy atom. The van der Waals surface area contributed by atoms with Crippen LogP contribution in [0, 0.1) is 11.3 Å². The Morgan fingerprint density at radius 2 is 1.91 bits per heavy atom. The van der Waals surface area contributed by atoms with Crippen LogP contribution in [0.15, 0.2) is 41.4 Å². The average molecular weight is 317 g/mol. The number of rotatable bonds is 4. The van der Waals surface area contributed by atoms with Gasteiger partial charge in [0.2, 0.25) is 0 Å². The van der Waals surface area contributed by atoms with Crippen LogP contribution in [0.1, 0.15) is 42.9 Å². The van der Waals surface area contributed by atoms with E-state index in [0.29, 0.717) is 12.7 Å². The summed E-state index contributed by atoms with van der Waals surface area (Å²) in [4.78, 5) is 4.60. The number of H-pyrrole nitrogens is 1. The zero-order valence-corrected chi connectivity index (χ0v) is 13.4. The summed E-state index contributed by atoms with van der Waals surface area (Å²) in [5, 5.41) is 8.76. The summed E-state index contributed by atoms with van der Waals surface area (Å²) < 4.78 is 12.8. The van der Waals surface area contributed by atoms with Crippen LogP contribution in [-0.2, 0) is 0 Å². The molecule has 0 spiro atoms. The monoisotopic (exact) mass is 317 g/mol. The van der Waals surface area contributed by atoms with E-state index in [1.807, 2.05) is 24.3 Å². The van der Waals surface area contributed by atoms with Crippen LogP contribution in [0.2, 0.25) is 0 Å². The van der Waals surface area contributed by atoms with Crippen LogP contribution < -0.4 is 4.72 Å². The number of hydrogen-bond donors (Lipinski definition) is 2. The third-order valence-electron chi connectivity index (χ3n) is 3.77. The van der Waals surface area contributed by atoms with Gasteiger partial charge in [-0.2, -0.15) is 5.26 Å². The summed E-state index contributed by atoms with van der Waals surface area (Å²) in [6, 6.07) is 11.9. The van der Waals surface area contributed by atoms with Gasteiger partial charge in [-0.15, -0.1) is 0 Å². The molecule has 1 aromatic heterocycles. The van der Waals surface area contributed by atoms with E-state index in [4.69, 9.17) is 5.26 Å². The third-order valence-corrected chi connectivity index (χ3v) is 4.58. The lowest BCUT2D eigenvalue weighted by atomic mass is 10.1. The van der Waals surface area contributed by atoms with Crippen LogP contribution in [0.4, 0.5) is 10.1 Å². The highest BCUT2D eigenvalue weighted by Gasteiger charge is 2.18. The first-order valence-electron chi connectivity index (χ1n) is 7.34. The SMILES string of the molecule is CF.N#Cc1ccc(NSc2c[nH]c(C3CCCC3)c2)cc1. The molecule has 1 heterocycles.